The average molecular weight is 353 g/mol. The molecule has 26 heavy (non-hydrogen) atoms. The predicted octanol–water partition coefficient (Wildman–Crippen LogP) is 3.02. The van der Waals surface area contributed by atoms with Gasteiger partial charge in [-0.1, -0.05) is 6.92 Å². The topological polar surface area (TPSA) is 59.0 Å². The smallest absolute Gasteiger partial charge is 0.107 e. The minimum absolute atomic E-state index is 0.846. The van der Waals surface area contributed by atoms with E-state index in [1.807, 2.05) is 6.33 Å². The Morgan fingerprint density at radius 3 is 2.85 bits per heavy atom. The largest absolute Gasteiger partial charge is 0.379 e. The molecule has 138 valence electrons. The molecule has 0 saturated carbocycles. The lowest BCUT2D eigenvalue weighted by molar-refractivity contribution is 0.0364. The minimum Gasteiger partial charge on any atom is -0.379 e. The molecule has 0 radical (unpaired) electrons. The number of H-pyrrole nitrogens is 1. The van der Waals surface area contributed by atoms with Crippen molar-refractivity contribution in [1.29, 1.82) is 0 Å². The van der Waals surface area contributed by atoms with Crippen LogP contribution in [0.1, 0.15) is 24.7 Å². The standard InChI is InChI=1S/C20H27N5O/c1-3-4-19-22-17-12-16(11-15(2)20(17)23-19)18-13-25(14-21-18)6-5-24-7-9-26-10-8-24/h11-14H,3-10H2,1-2H3,(H,22,23). The monoisotopic (exact) mass is 353 g/mol. The van der Waals surface area contributed by atoms with Crippen LogP contribution in [0.2, 0.25) is 0 Å². The first-order chi connectivity index (χ1) is 12.7. The van der Waals surface area contributed by atoms with Gasteiger partial charge in [0.25, 0.3) is 0 Å². The highest BCUT2D eigenvalue weighted by Crippen LogP contribution is 2.25. The summed E-state index contributed by atoms with van der Waals surface area (Å²) in [5, 5.41) is 0. The number of ether oxygens (including phenoxy) is 1. The Morgan fingerprint density at radius 2 is 2.04 bits per heavy atom. The van der Waals surface area contributed by atoms with Gasteiger partial charge in [0, 0.05) is 44.4 Å². The van der Waals surface area contributed by atoms with E-state index in [-0.39, 0.29) is 0 Å². The van der Waals surface area contributed by atoms with Crippen LogP contribution >= 0.6 is 0 Å². The Bertz CT molecular complexity index is 876. The number of aromatic nitrogens is 4. The van der Waals surface area contributed by atoms with Gasteiger partial charge < -0.3 is 14.3 Å². The van der Waals surface area contributed by atoms with Gasteiger partial charge in [0.2, 0.25) is 0 Å². The molecule has 6 heteroatoms. The fraction of sp³-hybridized carbons (Fsp3) is 0.500. The average Bonchev–Trinajstić information content (AvgIpc) is 3.28. The summed E-state index contributed by atoms with van der Waals surface area (Å²) in [6, 6.07) is 4.36. The fourth-order valence-corrected chi connectivity index (χ4v) is 3.56. The molecule has 0 bridgehead atoms. The third-order valence-corrected chi connectivity index (χ3v) is 5.02. The first kappa shape index (κ1) is 17.2. The zero-order chi connectivity index (χ0) is 17.9. The van der Waals surface area contributed by atoms with E-state index >= 15 is 0 Å². The molecule has 0 amide bonds. The van der Waals surface area contributed by atoms with Gasteiger partial charge in [-0.15, -0.1) is 0 Å². The number of aryl methyl sites for hydroxylation is 2. The van der Waals surface area contributed by atoms with Crippen molar-refractivity contribution in [2.45, 2.75) is 33.2 Å². The number of fused-ring (bicyclic) bond motifs is 1. The lowest BCUT2D eigenvalue weighted by atomic mass is 10.1. The normalized spacial score (nSPS) is 15.8. The van der Waals surface area contributed by atoms with Gasteiger partial charge in [0.15, 0.2) is 0 Å². The van der Waals surface area contributed by atoms with Crippen LogP contribution in [0.3, 0.4) is 0 Å². The summed E-state index contributed by atoms with van der Waals surface area (Å²) in [5.41, 5.74) is 5.53. The first-order valence-corrected chi connectivity index (χ1v) is 9.54. The molecule has 1 aliphatic heterocycles. The lowest BCUT2D eigenvalue weighted by Crippen LogP contribution is -2.38. The summed E-state index contributed by atoms with van der Waals surface area (Å²) in [5.74, 6) is 1.07. The van der Waals surface area contributed by atoms with Crippen LogP contribution < -0.4 is 0 Å². The van der Waals surface area contributed by atoms with E-state index in [1.165, 1.54) is 5.56 Å². The van der Waals surface area contributed by atoms with Crippen molar-refractivity contribution in [2.24, 2.45) is 0 Å². The summed E-state index contributed by atoms with van der Waals surface area (Å²) in [7, 11) is 0. The molecule has 3 heterocycles. The number of aromatic amines is 1. The highest BCUT2D eigenvalue weighted by atomic mass is 16.5. The third-order valence-electron chi connectivity index (χ3n) is 5.02. The molecule has 1 saturated heterocycles. The number of imidazole rings is 2. The molecule has 1 aromatic carbocycles. The molecule has 2 aromatic heterocycles. The summed E-state index contributed by atoms with van der Waals surface area (Å²) >= 11 is 0. The predicted molar refractivity (Wildman–Crippen MR) is 103 cm³/mol. The van der Waals surface area contributed by atoms with Crippen LogP contribution in [-0.2, 0) is 17.7 Å². The fourth-order valence-electron chi connectivity index (χ4n) is 3.56. The van der Waals surface area contributed by atoms with Gasteiger partial charge in [0.05, 0.1) is 36.3 Å². The Hall–Kier alpha value is -2.18. The van der Waals surface area contributed by atoms with Crippen LogP contribution in [0, 0.1) is 6.92 Å². The van der Waals surface area contributed by atoms with E-state index in [0.29, 0.717) is 0 Å². The first-order valence-electron chi connectivity index (χ1n) is 9.54. The van der Waals surface area contributed by atoms with Crippen LogP contribution in [0.25, 0.3) is 22.3 Å². The van der Waals surface area contributed by atoms with Gasteiger partial charge in [-0.05, 0) is 31.0 Å². The molecule has 0 unspecified atom stereocenters. The second kappa shape index (κ2) is 7.60. The number of rotatable bonds is 6. The molecule has 4 rings (SSSR count). The summed E-state index contributed by atoms with van der Waals surface area (Å²) in [6.07, 6.45) is 6.16. The zero-order valence-electron chi connectivity index (χ0n) is 15.7. The molecule has 6 nitrogen and oxygen atoms in total. The second-order valence-corrected chi connectivity index (χ2v) is 7.07. The number of benzene rings is 1. The van der Waals surface area contributed by atoms with Gasteiger partial charge in [0.1, 0.15) is 5.82 Å². The molecular weight excluding hydrogens is 326 g/mol. The van der Waals surface area contributed by atoms with Crippen molar-refractivity contribution in [1.82, 2.24) is 24.4 Å². The van der Waals surface area contributed by atoms with E-state index in [9.17, 15) is 0 Å². The van der Waals surface area contributed by atoms with E-state index in [2.05, 4.69) is 51.6 Å². The van der Waals surface area contributed by atoms with Crippen molar-refractivity contribution in [2.75, 3.05) is 32.8 Å². The van der Waals surface area contributed by atoms with Crippen LogP contribution in [0.15, 0.2) is 24.7 Å². The summed E-state index contributed by atoms with van der Waals surface area (Å²) < 4.78 is 7.59. The maximum atomic E-state index is 5.41. The number of hydrogen-bond donors (Lipinski definition) is 1. The highest BCUT2D eigenvalue weighted by Gasteiger charge is 2.12. The minimum atomic E-state index is 0.846. The van der Waals surface area contributed by atoms with E-state index in [4.69, 9.17) is 9.72 Å². The zero-order valence-corrected chi connectivity index (χ0v) is 15.7. The molecule has 1 fully saturated rings. The number of nitrogens with one attached hydrogen (secondary N) is 1. The summed E-state index contributed by atoms with van der Waals surface area (Å²) in [6.45, 7) is 10.0. The lowest BCUT2D eigenvalue weighted by Gasteiger charge is -2.26. The SMILES string of the molecule is CCCc1nc2c(C)cc(-c3cn(CCN4CCOCC4)cn3)cc2[nH]1. The maximum Gasteiger partial charge on any atom is 0.107 e. The molecule has 0 aliphatic carbocycles. The molecule has 3 aromatic rings. The Morgan fingerprint density at radius 1 is 1.19 bits per heavy atom. The maximum absolute atomic E-state index is 5.41. The number of hydrogen-bond acceptors (Lipinski definition) is 4. The molecule has 1 aliphatic rings. The third kappa shape index (κ3) is 3.66. The van der Waals surface area contributed by atoms with E-state index < -0.39 is 0 Å². The van der Waals surface area contributed by atoms with Crippen molar-refractivity contribution < 1.29 is 4.74 Å². The van der Waals surface area contributed by atoms with Crippen molar-refractivity contribution in [3.05, 3.63) is 36.0 Å². The van der Waals surface area contributed by atoms with Gasteiger partial charge >= 0.3 is 0 Å². The highest BCUT2D eigenvalue weighted by molar-refractivity contribution is 5.84. The number of morpholine rings is 1. The molecule has 1 N–H and O–H groups in total. The second-order valence-electron chi connectivity index (χ2n) is 7.07. The van der Waals surface area contributed by atoms with Crippen molar-refractivity contribution >= 4 is 11.0 Å². The van der Waals surface area contributed by atoms with Crippen LogP contribution in [0.5, 0.6) is 0 Å². The van der Waals surface area contributed by atoms with Crippen LogP contribution in [-0.4, -0.2) is 57.3 Å². The number of nitrogens with zero attached hydrogens (tertiary/aromatic N) is 4. The molecule has 0 spiro atoms. The Labute approximate surface area is 154 Å². The quantitative estimate of drug-likeness (QED) is 0.740. The Balaban J connectivity index is 1.51. The van der Waals surface area contributed by atoms with Crippen LogP contribution in [0.4, 0.5) is 0 Å². The van der Waals surface area contributed by atoms with E-state index in [0.717, 1.165) is 80.3 Å². The summed E-state index contributed by atoms with van der Waals surface area (Å²) in [4.78, 5) is 15.3. The molecule has 0 atom stereocenters. The van der Waals surface area contributed by atoms with E-state index in [1.54, 1.807) is 0 Å². The van der Waals surface area contributed by atoms with Gasteiger partial charge in [-0.2, -0.15) is 0 Å². The Kier molecular flexibility index (Phi) is 5.04. The van der Waals surface area contributed by atoms with Crippen molar-refractivity contribution in [3.63, 3.8) is 0 Å². The molecular formula is C20H27N5O. The van der Waals surface area contributed by atoms with Gasteiger partial charge in [-0.25, -0.2) is 9.97 Å². The van der Waals surface area contributed by atoms with Crippen molar-refractivity contribution in [3.8, 4) is 11.3 Å². The van der Waals surface area contributed by atoms with Gasteiger partial charge in [-0.3, -0.25) is 4.90 Å².